The summed E-state index contributed by atoms with van der Waals surface area (Å²) in [5, 5.41) is 0. The van der Waals surface area contributed by atoms with Crippen molar-refractivity contribution in [2.24, 2.45) is 0 Å². The van der Waals surface area contributed by atoms with E-state index in [1.54, 1.807) is 13.8 Å². The van der Waals surface area contributed by atoms with Gasteiger partial charge in [0.25, 0.3) is 10.2 Å². The molecule has 102 valence electrons. The summed E-state index contributed by atoms with van der Waals surface area (Å²) in [5.74, 6) is 0.199. The first-order valence-corrected chi connectivity index (χ1v) is 7.90. The summed E-state index contributed by atoms with van der Waals surface area (Å²) in [4.78, 5) is 0. The molecule has 0 heterocycles. The second-order valence-electron chi connectivity index (χ2n) is 3.82. The lowest BCUT2D eigenvalue weighted by atomic mass is 10.1. The molecule has 1 aromatic rings. The molecule has 0 bridgehead atoms. The van der Waals surface area contributed by atoms with Crippen molar-refractivity contribution < 1.29 is 8.42 Å². The van der Waals surface area contributed by atoms with E-state index in [-0.39, 0.29) is 5.88 Å². The zero-order valence-corrected chi connectivity index (χ0v) is 12.2. The summed E-state index contributed by atoms with van der Waals surface area (Å²) in [5.41, 5.74) is 0.864. The number of nitrogens with zero attached hydrogens (tertiary/aromatic N) is 1. The Bertz CT molecular complexity index is 446. The molecule has 0 aliphatic heterocycles. The van der Waals surface area contributed by atoms with Crippen LogP contribution in [-0.4, -0.2) is 31.7 Å². The van der Waals surface area contributed by atoms with Gasteiger partial charge in [-0.1, -0.05) is 44.2 Å². The Morgan fingerprint density at radius 3 is 2.22 bits per heavy atom. The van der Waals surface area contributed by atoms with Gasteiger partial charge in [0.1, 0.15) is 0 Å². The molecule has 18 heavy (non-hydrogen) atoms. The normalized spacial score (nSPS) is 13.8. The number of nitrogens with one attached hydrogen (secondary N) is 1. The molecule has 1 rings (SSSR count). The number of alkyl halides is 1. The summed E-state index contributed by atoms with van der Waals surface area (Å²) >= 11 is 5.85. The van der Waals surface area contributed by atoms with Crippen molar-refractivity contribution in [2.45, 2.75) is 19.9 Å². The van der Waals surface area contributed by atoms with Gasteiger partial charge in [0.2, 0.25) is 0 Å². The smallest absolute Gasteiger partial charge is 0.195 e. The van der Waals surface area contributed by atoms with E-state index in [0.29, 0.717) is 13.1 Å². The highest BCUT2D eigenvalue weighted by Gasteiger charge is 2.23. The van der Waals surface area contributed by atoms with Crippen LogP contribution in [0.3, 0.4) is 0 Å². The lowest BCUT2D eigenvalue weighted by Gasteiger charge is -2.23. The molecule has 0 aliphatic rings. The molecule has 1 unspecified atom stereocenters. The highest BCUT2D eigenvalue weighted by Crippen LogP contribution is 2.16. The van der Waals surface area contributed by atoms with Crippen LogP contribution in [0.2, 0.25) is 0 Å². The third-order valence-electron chi connectivity index (χ3n) is 2.69. The fourth-order valence-electron chi connectivity index (χ4n) is 1.69. The lowest BCUT2D eigenvalue weighted by Crippen LogP contribution is -2.42. The third-order valence-corrected chi connectivity index (χ3v) is 4.78. The number of hydrogen-bond acceptors (Lipinski definition) is 2. The molecule has 0 amide bonds. The quantitative estimate of drug-likeness (QED) is 0.782. The van der Waals surface area contributed by atoms with Crippen LogP contribution in [0, 0.1) is 0 Å². The molecule has 0 fully saturated rings. The zero-order chi connectivity index (χ0) is 13.6. The van der Waals surface area contributed by atoms with Crippen LogP contribution in [0.1, 0.15) is 25.5 Å². The highest BCUT2D eigenvalue weighted by atomic mass is 35.5. The molecule has 1 atom stereocenters. The van der Waals surface area contributed by atoms with Crippen molar-refractivity contribution in [1.29, 1.82) is 0 Å². The van der Waals surface area contributed by atoms with E-state index in [1.165, 1.54) is 4.31 Å². The Balaban J connectivity index is 2.87. The first-order valence-electron chi connectivity index (χ1n) is 5.93. The summed E-state index contributed by atoms with van der Waals surface area (Å²) in [6.07, 6.45) is 0. The van der Waals surface area contributed by atoms with E-state index in [1.807, 2.05) is 30.3 Å². The van der Waals surface area contributed by atoms with Gasteiger partial charge in [0, 0.05) is 19.0 Å². The third kappa shape index (κ3) is 3.95. The number of hydrogen-bond donors (Lipinski definition) is 1. The van der Waals surface area contributed by atoms with E-state index in [9.17, 15) is 8.42 Å². The van der Waals surface area contributed by atoms with Crippen molar-refractivity contribution in [1.82, 2.24) is 9.03 Å². The Morgan fingerprint density at radius 2 is 1.78 bits per heavy atom. The molecule has 4 nitrogen and oxygen atoms in total. The highest BCUT2D eigenvalue weighted by molar-refractivity contribution is 7.87. The van der Waals surface area contributed by atoms with E-state index in [2.05, 4.69) is 4.72 Å². The van der Waals surface area contributed by atoms with Crippen LogP contribution < -0.4 is 4.72 Å². The molecule has 0 spiro atoms. The molecule has 0 aromatic heterocycles. The molecule has 0 aliphatic carbocycles. The van der Waals surface area contributed by atoms with E-state index >= 15 is 0 Å². The molecule has 1 N–H and O–H groups in total. The van der Waals surface area contributed by atoms with Crippen LogP contribution in [0.5, 0.6) is 0 Å². The van der Waals surface area contributed by atoms with Gasteiger partial charge in [-0.15, -0.1) is 11.6 Å². The predicted molar refractivity (Wildman–Crippen MR) is 74.9 cm³/mol. The van der Waals surface area contributed by atoms with Crippen LogP contribution in [0.15, 0.2) is 30.3 Å². The van der Waals surface area contributed by atoms with Crippen molar-refractivity contribution >= 4 is 21.8 Å². The van der Waals surface area contributed by atoms with Crippen LogP contribution in [-0.2, 0) is 10.2 Å². The topological polar surface area (TPSA) is 49.4 Å². The Kier molecular flexibility index (Phi) is 6.08. The largest absolute Gasteiger partial charge is 0.280 e. The predicted octanol–water partition coefficient (Wildman–Crippen LogP) is 2.14. The molecular formula is C12H19ClN2O2S. The lowest BCUT2D eigenvalue weighted by molar-refractivity contribution is 0.429. The Morgan fingerprint density at radius 1 is 1.22 bits per heavy atom. The monoisotopic (exact) mass is 290 g/mol. The van der Waals surface area contributed by atoms with Gasteiger partial charge in [0.05, 0.1) is 6.04 Å². The Labute approximate surface area is 114 Å². The molecule has 0 saturated heterocycles. The van der Waals surface area contributed by atoms with Gasteiger partial charge >= 0.3 is 0 Å². The van der Waals surface area contributed by atoms with Gasteiger partial charge in [-0.2, -0.15) is 17.4 Å². The van der Waals surface area contributed by atoms with Gasteiger partial charge in [-0.25, -0.2) is 0 Å². The molecule has 0 saturated carbocycles. The minimum Gasteiger partial charge on any atom is -0.195 e. The van der Waals surface area contributed by atoms with Crippen LogP contribution in [0.25, 0.3) is 0 Å². The van der Waals surface area contributed by atoms with Crippen LogP contribution in [0.4, 0.5) is 0 Å². The van der Waals surface area contributed by atoms with Gasteiger partial charge in [-0.3, -0.25) is 0 Å². The maximum absolute atomic E-state index is 12.1. The molecule has 1 aromatic carbocycles. The first-order chi connectivity index (χ1) is 8.55. The van der Waals surface area contributed by atoms with Crippen LogP contribution >= 0.6 is 11.6 Å². The number of benzene rings is 1. The minimum atomic E-state index is -3.48. The SMILES string of the molecule is CCN(CC)S(=O)(=O)NC(CCl)c1ccccc1. The van der Waals surface area contributed by atoms with E-state index in [4.69, 9.17) is 11.6 Å². The average molecular weight is 291 g/mol. The standard InChI is InChI=1S/C12H19ClN2O2S/c1-3-15(4-2)18(16,17)14-12(10-13)11-8-6-5-7-9-11/h5-9,12,14H,3-4,10H2,1-2H3. The van der Waals surface area contributed by atoms with Crippen molar-refractivity contribution in [2.75, 3.05) is 19.0 Å². The second-order valence-corrected chi connectivity index (χ2v) is 5.84. The van der Waals surface area contributed by atoms with E-state index in [0.717, 1.165) is 5.56 Å². The second kappa shape index (κ2) is 7.09. The maximum Gasteiger partial charge on any atom is 0.280 e. The van der Waals surface area contributed by atoms with Gasteiger partial charge < -0.3 is 0 Å². The zero-order valence-electron chi connectivity index (χ0n) is 10.6. The summed E-state index contributed by atoms with van der Waals surface area (Å²) in [7, 11) is -3.48. The average Bonchev–Trinajstić information content (AvgIpc) is 2.38. The van der Waals surface area contributed by atoms with Crippen molar-refractivity contribution in [3.05, 3.63) is 35.9 Å². The Hall–Kier alpha value is -0.620. The summed E-state index contributed by atoms with van der Waals surface area (Å²) in [6, 6.07) is 8.92. The van der Waals surface area contributed by atoms with Gasteiger partial charge in [0.15, 0.2) is 0 Å². The molecule has 0 radical (unpaired) electrons. The van der Waals surface area contributed by atoms with Crippen molar-refractivity contribution in [3.63, 3.8) is 0 Å². The summed E-state index contributed by atoms with van der Waals surface area (Å²) < 4.78 is 28.2. The fourth-order valence-corrected chi connectivity index (χ4v) is 3.45. The molecular weight excluding hydrogens is 272 g/mol. The maximum atomic E-state index is 12.1. The van der Waals surface area contributed by atoms with E-state index < -0.39 is 16.3 Å². The fraction of sp³-hybridized carbons (Fsp3) is 0.500. The number of rotatable bonds is 7. The number of halogens is 1. The minimum absolute atomic E-state index is 0.199. The first kappa shape index (κ1) is 15.4. The van der Waals surface area contributed by atoms with Crippen molar-refractivity contribution in [3.8, 4) is 0 Å². The summed E-state index contributed by atoms with van der Waals surface area (Å²) in [6.45, 7) is 4.49. The molecule has 6 heteroatoms. The van der Waals surface area contributed by atoms with Gasteiger partial charge in [-0.05, 0) is 5.56 Å².